The Balaban J connectivity index is 2.04. The second kappa shape index (κ2) is 4.65. The third kappa shape index (κ3) is 1.94. The predicted molar refractivity (Wildman–Crippen MR) is 75.4 cm³/mol. The van der Waals surface area contributed by atoms with Crippen LogP contribution in [0.5, 0.6) is 0 Å². The van der Waals surface area contributed by atoms with E-state index in [2.05, 4.69) is 0 Å². The van der Waals surface area contributed by atoms with Gasteiger partial charge in [0.05, 0.1) is 12.1 Å². The highest BCUT2D eigenvalue weighted by atomic mass is 35.5. The van der Waals surface area contributed by atoms with E-state index >= 15 is 0 Å². The Bertz CT molecular complexity index is 710. The number of aromatic carboxylic acids is 1. The number of fused-ring (bicyclic) bond motifs is 1. The first-order valence-corrected chi connectivity index (χ1v) is 6.38. The van der Waals surface area contributed by atoms with Gasteiger partial charge in [-0.25, -0.2) is 4.79 Å². The fourth-order valence-corrected chi connectivity index (χ4v) is 2.49. The first kappa shape index (κ1) is 12.7. The number of hydrogen-bond acceptors (Lipinski definition) is 2. The number of amides is 1. The summed E-state index contributed by atoms with van der Waals surface area (Å²) in [4.78, 5) is 25.1. The van der Waals surface area contributed by atoms with Crippen molar-refractivity contribution in [3.8, 4) is 0 Å². The number of benzene rings is 2. The lowest BCUT2D eigenvalue weighted by Crippen LogP contribution is -2.22. The molecular formula is C15H10ClNO3. The topological polar surface area (TPSA) is 57.6 Å². The summed E-state index contributed by atoms with van der Waals surface area (Å²) in [5.41, 5.74) is 1.87. The summed E-state index contributed by atoms with van der Waals surface area (Å²) in [5, 5.41) is 9.77. The van der Waals surface area contributed by atoms with Crippen molar-refractivity contribution in [2.75, 3.05) is 4.90 Å². The molecule has 1 aliphatic rings. The molecule has 0 aliphatic carbocycles. The molecule has 2 aromatic rings. The molecule has 0 radical (unpaired) electrons. The number of carbonyl (C=O) groups is 2. The molecule has 0 saturated carbocycles. The average molecular weight is 288 g/mol. The molecule has 0 bridgehead atoms. The van der Waals surface area contributed by atoms with Crippen molar-refractivity contribution in [2.24, 2.45) is 0 Å². The summed E-state index contributed by atoms with van der Waals surface area (Å²) < 4.78 is 0. The van der Waals surface area contributed by atoms with Gasteiger partial charge >= 0.3 is 5.97 Å². The lowest BCUT2D eigenvalue weighted by Gasteiger charge is -2.15. The Kier molecular flexibility index (Phi) is 2.95. The van der Waals surface area contributed by atoms with Crippen LogP contribution in [0.25, 0.3) is 0 Å². The van der Waals surface area contributed by atoms with Gasteiger partial charge in [-0.2, -0.15) is 0 Å². The number of carboxylic acids is 1. The SMILES string of the molecule is O=C(O)c1cccc2c1CN(c1ccc(Cl)cc1)C2=O. The molecule has 5 heteroatoms. The molecule has 0 unspecified atom stereocenters. The van der Waals surface area contributed by atoms with Crippen molar-refractivity contribution in [3.63, 3.8) is 0 Å². The smallest absolute Gasteiger partial charge is 0.336 e. The number of rotatable bonds is 2. The monoisotopic (exact) mass is 287 g/mol. The van der Waals surface area contributed by atoms with E-state index < -0.39 is 5.97 Å². The second-order valence-electron chi connectivity index (χ2n) is 4.50. The molecule has 100 valence electrons. The van der Waals surface area contributed by atoms with Gasteiger partial charge in [0.15, 0.2) is 0 Å². The van der Waals surface area contributed by atoms with Crippen LogP contribution in [0.1, 0.15) is 26.3 Å². The van der Waals surface area contributed by atoms with E-state index in [1.165, 1.54) is 6.07 Å². The Hall–Kier alpha value is -2.33. The third-order valence-corrected chi connectivity index (χ3v) is 3.59. The highest BCUT2D eigenvalue weighted by molar-refractivity contribution is 6.30. The minimum absolute atomic E-state index is 0.173. The Labute approximate surface area is 120 Å². The zero-order valence-electron chi connectivity index (χ0n) is 10.3. The lowest BCUT2D eigenvalue weighted by molar-refractivity contribution is 0.0695. The van der Waals surface area contributed by atoms with Crippen molar-refractivity contribution < 1.29 is 14.7 Å². The van der Waals surface area contributed by atoms with Crippen LogP contribution in [-0.4, -0.2) is 17.0 Å². The molecule has 1 N–H and O–H groups in total. The van der Waals surface area contributed by atoms with Crippen LogP contribution in [0.15, 0.2) is 42.5 Å². The molecule has 0 atom stereocenters. The molecule has 0 aromatic heterocycles. The highest BCUT2D eigenvalue weighted by Gasteiger charge is 2.31. The lowest BCUT2D eigenvalue weighted by atomic mass is 10.0. The van der Waals surface area contributed by atoms with Gasteiger partial charge in [0.1, 0.15) is 0 Å². The van der Waals surface area contributed by atoms with E-state index in [4.69, 9.17) is 11.6 Å². The number of nitrogens with zero attached hydrogens (tertiary/aromatic N) is 1. The predicted octanol–water partition coefficient (Wildman–Crippen LogP) is 3.20. The van der Waals surface area contributed by atoms with Gasteiger partial charge in [-0.1, -0.05) is 17.7 Å². The molecule has 1 aliphatic heterocycles. The molecular weight excluding hydrogens is 278 g/mol. The van der Waals surface area contributed by atoms with Crippen molar-refractivity contribution in [3.05, 3.63) is 64.2 Å². The van der Waals surface area contributed by atoms with Crippen LogP contribution >= 0.6 is 11.6 Å². The van der Waals surface area contributed by atoms with Gasteiger partial charge in [0, 0.05) is 16.3 Å². The van der Waals surface area contributed by atoms with E-state index in [0.29, 0.717) is 21.8 Å². The van der Waals surface area contributed by atoms with E-state index in [0.717, 1.165) is 0 Å². The van der Waals surface area contributed by atoms with Gasteiger partial charge in [0.25, 0.3) is 5.91 Å². The maximum absolute atomic E-state index is 12.4. The summed E-state index contributed by atoms with van der Waals surface area (Å²) in [6.45, 7) is 0.262. The standard InChI is InChI=1S/C15H10ClNO3/c16-9-4-6-10(7-5-9)17-8-13-11(14(17)18)2-1-3-12(13)15(19)20/h1-7H,8H2,(H,19,20). The summed E-state index contributed by atoms with van der Waals surface area (Å²) >= 11 is 5.83. The van der Waals surface area contributed by atoms with Crippen LogP contribution in [0.3, 0.4) is 0 Å². The van der Waals surface area contributed by atoms with Gasteiger partial charge in [0.2, 0.25) is 0 Å². The van der Waals surface area contributed by atoms with Crippen molar-refractivity contribution in [1.82, 2.24) is 0 Å². The normalized spacial score (nSPS) is 13.4. The summed E-state index contributed by atoms with van der Waals surface area (Å²) in [6.07, 6.45) is 0. The van der Waals surface area contributed by atoms with Gasteiger partial charge in [-0.15, -0.1) is 0 Å². The minimum atomic E-state index is -1.02. The first-order chi connectivity index (χ1) is 9.58. The fourth-order valence-electron chi connectivity index (χ4n) is 2.36. The van der Waals surface area contributed by atoms with E-state index in [9.17, 15) is 14.7 Å². The molecule has 1 amide bonds. The van der Waals surface area contributed by atoms with Gasteiger partial charge in [-0.3, -0.25) is 4.79 Å². The molecule has 1 heterocycles. The third-order valence-electron chi connectivity index (χ3n) is 3.34. The van der Waals surface area contributed by atoms with Crippen molar-refractivity contribution in [2.45, 2.75) is 6.54 Å². The van der Waals surface area contributed by atoms with Gasteiger partial charge < -0.3 is 10.0 Å². The van der Waals surface area contributed by atoms with Crippen LogP contribution in [0.4, 0.5) is 5.69 Å². The quantitative estimate of drug-likeness (QED) is 0.923. The number of anilines is 1. The van der Waals surface area contributed by atoms with Crippen LogP contribution < -0.4 is 4.90 Å². The van der Waals surface area contributed by atoms with E-state index in [-0.39, 0.29) is 18.0 Å². The molecule has 0 spiro atoms. The summed E-state index contributed by atoms with van der Waals surface area (Å²) in [7, 11) is 0. The molecule has 4 nitrogen and oxygen atoms in total. The molecule has 0 saturated heterocycles. The summed E-state index contributed by atoms with van der Waals surface area (Å²) in [5.74, 6) is -1.21. The average Bonchev–Trinajstić information content (AvgIpc) is 2.77. The molecule has 0 fully saturated rings. The van der Waals surface area contributed by atoms with Crippen molar-refractivity contribution >= 4 is 29.2 Å². The first-order valence-electron chi connectivity index (χ1n) is 6.00. The minimum Gasteiger partial charge on any atom is -0.478 e. The summed E-state index contributed by atoms with van der Waals surface area (Å²) in [6, 6.07) is 11.6. The maximum atomic E-state index is 12.4. The molecule has 3 rings (SSSR count). The van der Waals surface area contributed by atoms with Crippen LogP contribution in [-0.2, 0) is 6.54 Å². The molecule has 20 heavy (non-hydrogen) atoms. The number of carboxylic acid groups (broad SMARTS) is 1. The molecule has 2 aromatic carbocycles. The maximum Gasteiger partial charge on any atom is 0.336 e. The number of carbonyl (C=O) groups excluding carboxylic acids is 1. The zero-order valence-corrected chi connectivity index (χ0v) is 11.1. The highest BCUT2D eigenvalue weighted by Crippen LogP contribution is 2.31. The fraction of sp³-hybridized carbons (Fsp3) is 0.0667. The van der Waals surface area contributed by atoms with Crippen LogP contribution in [0, 0.1) is 0 Å². The van der Waals surface area contributed by atoms with E-state index in [1.54, 1.807) is 41.3 Å². The zero-order chi connectivity index (χ0) is 14.3. The van der Waals surface area contributed by atoms with E-state index in [1.807, 2.05) is 0 Å². The Morgan fingerprint density at radius 3 is 2.50 bits per heavy atom. The Morgan fingerprint density at radius 1 is 1.15 bits per heavy atom. The van der Waals surface area contributed by atoms with Crippen LogP contribution in [0.2, 0.25) is 5.02 Å². The van der Waals surface area contributed by atoms with Gasteiger partial charge in [-0.05, 0) is 42.0 Å². The number of halogens is 1. The van der Waals surface area contributed by atoms with Crippen molar-refractivity contribution in [1.29, 1.82) is 0 Å². The number of hydrogen-bond donors (Lipinski definition) is 1. The Morgan fingerprint density at radius 2 is 1.85 bits per heavy atom. The second-order valence-corrected chi connectivity index (χ2v) is 4.94. The largest absolute Gasteiger partial charge is 0.478 e.